The molecule has 0 unspecified atom stereocenters. The Bertz CT molecular complexity index is 559. The van der Waals surface area contributed by atoms with Gasteiger partial charge in [0.05, 0.1) is 11.8 Å². The second-order valence-corrected chi connectivity index (χ2v) is 5.35. The summed E-state index contributed by atoms with van der Waals surface area (Å²) in [7, 11) is 0. The smallest absolute Gasteiger partial charge is 0.259 e. The van der Waals surface area contributed by atoms with Crippen LogP contribution in [0.4, 0.5) is 0 Å². The molecule has 0 spiro atoms. The molecule has 0 saturated heterocycles. The lowest BCUT2D eigenvalue weighted by Gasteiger charge is -2.23. The summed E-state index contributed by atoms with van der Waals surface area (Å²) in [6, 6.07) is 1.58. The monoisotopic (exact) mass is 259 g/mol. The minimum atomic E-state index is 0.101. The van der Waals surface area contributed by atoms with Crippen molar-refractivity contribution in [1.82, 2.24) is 15.1 Å². The summed E-state index contributed by atoms with van der Waals surface area (Å²) in [4.78, 5) is 8.36. The number of pyridine rings is 1. The van der Waals surface area contributed by atoms with Gasteiger partial charge in [0.25, 0.3) is 5.89 Å². The molecule has 0 bridgehead atoms. The summed E-state index contributed by atoms with van der Waals surface area (Å²) >= 11 is 0. The SMILES string of the molecule is CC1CCC(c2noc(-c3cncc(O)c3)n2)CC1. The first kappa shape index (κ1) is 12.1. The van der Waals surface area contributed by atoms with Crippen LogP contribution in [0.5, 0.6) is 5.75 Å². The van der Waals surface area contributed by atoms with E-state index in [1.165, 1.54) is 19.0 Å². The minimum absolute atomic E-state index is 0.101. The van der Waals surface area contributed by atoms with Crippen LogP contribution in [0.3, 0.4) is 0 Å². The van der Waals surface area contributed by atoms with Crippen LogP contribution < -0.4 is 0 Å². The van der Waals surface area contributed by atoms with E-state index in [-0.39, 0.29) is 5.75 Å². The minimum Gasteiger partial charge on any atom is -0.506 e. The van der Waals surface area contributed by atoms with Crippen molar-refractivity contribution in [2.45, 2.75) is 38.5 Å². The van der Waals surface area contributed by atoms with Gasteiger partial charge in [0.2, 0.25) is 0 Å². The summed E-state index contributed by atoms with van der Waals surface area (Å²) in [6.07, 6.45) is 7.69. The lowest BCUT2D eigenvalue weighted by atomic mass is 9.83. The molecule has 3 rings (SSSR count). The van der Waals surface area contributed by atoms with Crippen LogP contribution in [-0.2, 0) is 0 Å². The predicted molar refractivity (Wildman–Crippen MR) is 69.6 cm³/mol. The van der Waals surface area contributed by atoms with Gasteiger partial charge in [-0.05, 0) is 24.8 Å². The Morgan fingerprint density at radius 2 is 2.00 bits per heavy atom. The molecular weight excluding hydrogens is 242 g/mol. The van der Waals surface area contributed by atoms with Gasteiger partial charge in [-0.3, -0.25) is 4.98 Å². The summed E-state index contributed by atoms with van der Waals surface area (Å²) in [5.74, 6) is 2.52. The van der Waals surface area contributed by atoms with Crippen molar-refractivity contribution >= 4 is 0 Å². The molecule has 0 atom stereocenters. The van der Waals surface area contributed by atoms with Crippen LogP contribution in [0, 0.1) is 5.92 Å². The number of hydrogen-bond donors (Lipinski definition) is 1. The average Bonchev–Trinajstić information content (AvgIpc) is 2.89. The highest BCUT2D eigenvalue weighted by atomic mass is 16.5. The Morgan fingerprint density at radius 3 is 2.74 bits per heavy atom. The molecule has 5 heteroatoms. The Labute approximate surface area is 111 Å². The zero-order chi connectivity index (χ0) is 13.2. The van der Waals surface area contributed by atoms with Crippen molar-refractivity contribution in [3.8, 4) is 17.2 Å². The van der Waals surface area contributed by atoms with Crippen LogP contribution >= 0.6 is 0 Å². The number of nitrogens with zero attached hydrogens (tertiary/aromatic N) is 3. The Balaban J connectivity index is 1.80. The number of hydrogen-bond acceptors (Lipinski definition) is 5. The van der Waals surface area contributed by atoms with Crippen molar-refractivity contribution in [2.75, 3.05) is 0 Å². The zero-order valence-electron chi connectivity index (χ0n) is 10.9. The predicted octanol–water partition coefficient (Wildman–Crippen LogP) is 3.13. The summed E-state index contributed by atoms with van der Waals surface area (Å²) in [5, 5.41) is 13.5. The van der Waals surface area contributed by atoms with Crippen molar-refractivity contribution in [2.24, 2.45) is 5.92 Å². The fourth-order valence-corrected chi connectivity index (χ4v) is 2.58. The van der Waals surface area contributed by atoms with Gasteiger partial charge in [-0.1, -0.05) is 24.9 Å². The third kappa shape index (κ3) is 2.59. The second kappa shape index (κ2) is 4.99. The topological polar surface area (TPSA) is 72.0 Å². The molecule has 0 radical (unpaired) electrons. The maximum Gasteiger partial charge on any atom is 0.259 e. The normalized spacial score (nSPS) is 23.4. The molecular formula is C14H17N3O2. The molecule has 0 aliphatic heterocycles. The van der Waals surface area contributed by atoms with Crippen LogP contribution in [0.25, 0.3) is 11.5 Å². The van der Waals surface area contributed by atoms with Crippen molar-refractivity contribution in [1.29, 1.82) is 0 Å². The van der Waals surface area contributed by atoms with Crippen molar-refractivity contribution in [3.05, 3.63) is 24.3 Å². The molecule has 0 aromatic carbocycles. The van der Waals surface area contributed by atoms with Crippen molar-refractivity contribution < 1.29 is 9.63 Å². The Morgan fingerprint density at radius 1 is 1.21 bits per heavy atom. The number of rotatable bonds is 2. The molecule has 1 saturated carbocycles. The van der Waals surface area contributed by atoms with E-state index in [2.05, 4.69) is 22.0 Å². The van der Waals surface area contributed by atoms with Crippen LogP contribution in [-0.4, -0.2) is 20.2 Å². The maximum absolute atomic E-state index is 9.41. The first-order valence-corrected chi connectivity index (χ1v) is 6.70. The van der Waals surface area contributed by atoms with Gasteiger partial charge in [-0.25, -0.2) is 0 Å². The van der Waals surface area contributed by atoms with Crippen LogP contribution in [0.2, 0.25) is 0 Å². The molecule has 1 aliphatic carbocycles. The van der Waals surface area contributed by atoms with E-state index in [9.17, 15) is 5.11 Å². The molecule has 5 nitrogen and oxygen atoms in total. The van der Waals surface area contributed by atoms with Gasteiger partial charge in [-0.15, -0.1) is 0 Å². The van der Waals surface area contributed by atoms with Gasteiger partial charge in [0.1, 0.15) is 5.75 Å². The standard InChI is InChI=1S/C14H17N3O2/c1-9-2-4-10(5-3-9)13-16-14(19-17-13)11-6-12(18)8-15-7-11/h6-10,18H,2-5H2,1H3. The first-order chi connectivity index (χ1) is 9.22. The molecule has 100 valence electrons. The molecule has 0 amide bonds. The summed E-state index contributed by atoms with van der Waals surface area (Å²) < 4.78 is 5.27. The van der Waals surface area contributed by atoms with Gasteiger partial charge in [-0.2, -0.15) is 4.98 Å². The van der Waals surface area contributed by atoms with Gasteiger partial charge >= 0.3 is 0 Å². The largest absolute Gasteiger partial charge is 0.506 e. The fraction of sp³-hybridized carbons (Fsp3) is 0.500. The average molecular weight is 259 g/mol. The van der Waals surface area contributed by atoms with Crippen LogP contribution in [0.1, 0.15) is 44.3 Å². The molecule has 2 aromatic rings. The Hall–Kier alpha value is -1.91. The van der Waals surface area contributed by atoms with Crippen LogP contribution in [0.15, 0.2) is 23.0 Å². The van der Waals surface area contributed by atoms with E-state index < -0.39 is 0 Å². The van der Waals surface area contributed by atoms with E-state index in [1.54, 1.807) is 12.3 Å². The zero-order valence-corrected chi connectivity index (χ0v) is 10.9. The quantitative estimate of drug-likeness (QED) is 0.897. The number of aromatic nitrogens is 3. The van der Waals surface area contributed by atoms with E-state index in [0.717, 1.165) is 24.6 Å². The van der Waals surface area contributed by atoms with E-state index >= 15 is 0 Å². The van der Waals surface area contributed by atoms with E-state index in [1.807, 2.05) is 0 Å². The highest BCUT2D eigenvalue weighted by Crippen LogP contribution is 2.34. The number of aromatic hydroxyl groups is 1. The summed E-state index contributed by atoms with van der Waals surface area (Å²) in [6.45, 7) is 2.29. The van der Waals surface area contributed by atoms with Gasteiger partial charge < -0.3 is 9.63 Å². The second-order valence-electron chi connectivity index (χ2n) is 5.35. The molecule has 19 heavy (non-hydrogen) atoms. The fourth-order valence-electron chi connectivity index (χ4n) is 2.58. The highest BCUT2D eigenvalue weighted by molar-refractivity contribution is 5.53. The molecule has 2 aromatic heterocycles. The molecule has 1 aliphatic rings. The maximum atomic E-state index is 9.41. The summed E-state index contributed by atoms with van der Waals surface area (Å²) in [5.41, 5.74) is 0.655. The lowest BCUT2D eigenvalue weighted by molar-refractivity contribution is 0.329. The van der Waals surface area contributed by atoms with E-state index in [0.29, 0.717) is 17.4 Å². The lowest BCUT2D eigenvalue weighted by Crippen LogP contribution is -2.11. The molecule has 2 heterocycles. The van der Waals surface area contributed by atoms with E-state index in [4.69, 9.17) is 4.52 Å². The van der Waals surface area contributed by atoms with Gasteiger partial charge in [0.15, 0.2) is 5.82 Å². The molecule has 1 N–H and O–H groups in total. The van der Waals surface area contributed by atoms with Crippen molar-refractivity contribution in [3.63, 3.8) is 0 Å². The Kier molecular flexibility index (Phi) is 3.19. The first-order valence-electron chi connectivity index (χ1n) is 6.70. The van der Waals surface area contributed by atoms with Gasteiger partial charge in [0, 0.05) is 12.1 Å². The molecule has 1 fully saturated rings. The highest BCUT2D eigenvalue weighted by Gasteiger charge is 2.24. The third-order valence-corrected chi connectivity index (χ3v) is 3.79. The third-order valence-electron chi connectivity index (χ3n) is 3.79.